The van der Waals surface area contributed by atoms with Crippen molar-refractivity contribution in [2.24, 2.45) is 0 Å². The summed E-state index contributed by atoms with van der Waals surface area (Å²) in [7, 11) is -2.88. The first kappa shape index (κ1) is 15.7. The van der Waals surface area contributed by atoms with Crippen molar-refractivity contribution in [2.45, 2.75) is 18.6 Å². The van der Waals surface area contributed by atoms with Crippen LogP contribution in [0.4, 0.5) is 5.69 Å². The summed E-state index contributed by atoms with van der Waals surface area (Å²) in [6.07, 6.45) is 0.636. The minimum absolute atomic E-state index is 0.0346. The van der Waals surface area contributed by atoms with Gasteiger partial charge in [0.2, 0.25) is 5.91 Å². The molecule has 1 amide bonds. The molecular formula is C13H16ClNO3S2. The maximum Gasteiger partial charge on any atom is 0.234 e. The van der Waals surface area contributed by atoms with Gasteiger partial charge in [-0.1, -0.05) is 17.7 Å². The standard InChI is InChI=1S/C13H16ClNO3S2/c1-9-2-3-10(6-12(9)14)15-13(16)7-19-11-4-5-20(17,18)8-11/h2-3,6,11H,4-5,7-8H2,1H3,(H,15,16)/t11-/m0/s1. The van der Waals surface area contributed by atoms with Crippen LogP contribution >= 0.6 is 23.4 Å². The molecule has 0 saturated carbocycles. The summed E-state index contributed by atoms with van der Waals surface area (Å²) in [6, 6.07) is 5.35. The number of hydrogen-bond acceptors (Lipinski definition) is 4. The fourth-order valence-corrected chi connectivity index (χ4v) is 5.58. The Balaban J connectivity index is 1.82. The van der Waals surface area contributed by atoms with Gasteiger partial charge in [-0.3, -0.25) is 4.79 Å². The molecule has 1 fully saturated rings. The van der Waals surface area contributed by atoms with Crippen LogP contribution in [0, 0.1) is 6.92 Å². The van der Waals surface area contributed by atoms with Crippen LogP contribution in [0.2, 0.25) is 5.02 Å². The van der Waals surface area contributed by atoms with E-state index in [0.717, 1.165) is 5.56 Å². The van der Waals surface area contributed by atoms with Crippen LogP contribution in [-0.2, 0) is 14.6 Å². The molecule has 1 aliphatic rings. The summed E-state index contributed by atoms with van der Waals surface area (Å²) in [5, 5.41) is 3.40. The van der Waals surface area contributed by atoms with Gasteiger partial charge < -0.3 is 5.32 Å². The van der Waals surface area contributed by atoms with Crippen molar-refractivity contribution >= 4 is 44.8 Å². The highest BCUT2D eigenvalue weighted by Crippen LogP contribution is 2.25. The number of amides is 1. The quantitative estimate of drug-likeness (QED) is 0.919. The van der Waals surface area contributed by atoms with Gasteiger partial charge >= 0.3 is 0 Å². The number of carbonyl (C=O) groups is 1. The maximum absolute atomic E-state index is 11.8. The second kappa shape index (κ2) is 6.37. The highest BCUT2D eigenvalue weighted by Gasteiger charge is 2.28. The van der Waals surface area contributed by atoms with Crippen molar-refractivity contribution < 1.29 is 13.2 Å². The Bertz CT molecular complexity index is 616. The molecule has 0 bridgehead atoms. The van der Waals surface area contributed by atoms with Gasteiger partial charge in [-0.25, -0.2) is 8.42 Å². The van der Waals surface area contributed by atoms with E-state index in [-0.39, 0.29) is 28.4 Å². The van der Waals surface area contributed by atoms with Gasteiger partial charge in [-0.2, -0.15) is 0 Å². The second-order valence-corrected chi connectivity index (χ2v) is 8.77. The molecule has 1 aliphatic heterocycles. The number of rotatable bonds is 4. The van der Waals surface area contributed by atoms with Crippen LogP contribution in [0.5, 0.6) is 0 Å². The van der Waals surface area contributed by atoms with Crippen LogP contribution in [0.3, 0.4) is 0 Å². The minimum atomic E-state index is -2.88. The Kier molecular flexibility index (Phi) is 4.99. The normalized spacial score (nSPS) is 20.8. The first-order valence-electron chi connectivity index (χ1n) is 6.24. The van der Waals surface area contributed by atoms with E-state index in [4.69, 9.17) is 11.6 Å². The first-order chi connectivity index (χ1) is 9.35. The number of hydrogen-bond donors (Lipinski definition) is 1. The maximum atomic E-state index is 11.8. The molecule has 7 heteroatoms. The van der Waals surface area contributed by atoms with Crippen molar-refractivity contribution in [1.82, 2.24) is 0 Å². The number of carbonyl (C=O) groups excluding carboxylic acids is 1. The Morgan fingerprint density at radius 1 is 1.50 bits per heavy atom. The number of anilines is 1. The average molecular weight is 334 g/mol. The molecule has 1 heterocycles. The highest BCUT2D eigenvalue weighted by molar-refractivity contribution is 8.02. The number of nitrogens with one attached hydrogen (secondary N) is 1. The van der Waals surface area contributed by atoms with Crippen LogP contribution in [-0.4, -0.2) is 36.8 Å². The van der Waals surface area contributed by atoms with E-state index in [0.29, 0.717) is 17.1 Å². The second-order valence-electron chi connectivity index (χ2n) is 4.85. The van der Waals surface area contributed by atoms with Crippen molar-refractivity contribution in [3.05, 3.63) is 28.8 Å². The molecule has 1 aromatic rings. The third-order valence-electron chi connectivity index (χ3n) is 3.10. The Morgan fingerprint density at radius 2 is 2.25 bits per heavy atom. The van der Waals surface area contributed by atoms with E-state index in [1.807, 2.05) is 13.0 Å². The van der Waals surface area contributed by atoms with Gasteiger partial charge in [-0.15, -0.1) is 11.8 Å². The molecule has 2 rings (SSSR count). The summed E-state index contributed by atoms with van der Waals surface area (Å²) in [6.45, 7) is 1.89. The predicted molar refractivity (Wildman–Crippen MR) is 84.3 cm³/mol. The zero-order valence-electron chi connectivity index (χ0n) is 11.1. The molecule has 1 aromatic carbocycles. The molecule has 1 saturated heterocycles. The van der Waals surface area contributed by atoms with Gasteiger partial charge in [0.1, 0.15) is 0 Å². The van der Waals surface area contributed by atoms with E-state index >= 15 is 0 Å². The van der Waals surface area contributed by atoms with Gasteiger partial charge in [0.05, 0.1) is 17.3 Å². The third kappa shape index (κ3) is 4.40. The molecule has 0 spiro atoms. The smallest absolute Gasteiger partial charge is 0.234 e. The van der Waals surface area contributed by atoms with Gasteiger partial charge in [0.15, 0.2) is 9.84 Å². The lowest BCUT2D eigenvalue weighted by atomic mass is 10.2. The summed E-state index contributed by atoms with van der Waals surface area (Å²) in [5.74, 6) is 0.534. The van der Waals surface area contributed by atoms with E-state index in [9.17, 15) is 13.2 Å². The fourth-order valence-electron chi connectivity index (χ4n) is 1.95. The Labute approximate surface area is 128 Å². The number of aryl methyl sites for hydroxylation is 1. The van der Waals surface area contributed by atoms with E-state index < -0.39 is 9.84 Å². The zero-order chi connectivity index (χ0) is 14.8. The highest BCUT2D eigenvalue weighted by atomic mass is 35.5. The van der Waals surface area contributed by atoms with Crippen LogP contribution in [0.25, 0.3) is 0 Å². The Hall–Kier alpha value is -0.720. The molecule has 0 radical (unpaired) electrons. The van der Waals surface area contributed by atoms with E-state index in [1.54, 1.807) is 12.1 Å². The fraction of sp³-hybridized carbons (Fsp3) is 0.462. The van der Waals surface area contributed by atoms with Gasteiger partial charge in [0, 0.05) is 16.0 Å². The van der Waals surface area contributed by atoms with Crippen molar-refractivity contribution in [3.8, 4) is 0 Å². The average Bonchev–Trinajstić information content (AvgIpc) is 2.71. The van der Waals surface area contributed by atoms with Crippen LogP contribution < -0.4 is 5.32 Å². The lowest BCUT2D eigenvalue weighted by Crippen LogP contribution is -2.17. The number of benzene rings is 1. The summed E-state index contributed by atoms with van der Waals surface area (Å²) in [4.78, 5) is 11.8. The van der Waals surface area contributed by atoms with E-state index in [2.05, 4.69) is 5.32 Å². The molecule has 1 N–H and O–H groups in total. The Morgan fingerprint density at radius 3 is 2.85 bits per heavy atom. The number of thioether (sulfide) groups is 1. The number of halogens is 1. The molecule has 0 aromatic heterocycles. The molecule has 4 nitrogen and oxygen atoms in total. The lowest BCUT2D eigenvalue weighted by molar-refractivity contribution is -0.113. The van der Waals surface area contributed by atoms with Crippen LogP contribution in [0.15, 0.2) is 18.2 Å². The molecule has 1 atom stereocenters. The van der Waals surface area contributed by atoms with Crippen molar-refractivity contribution in [3.63, 3.8) is 0 Å². The van der Waals surface area contributed by atoms with Gasteiger partial charge in [-0.05, 0) is 31.0 Å². The topological polar surface area (TPSA) is 63.2 Å². The van der Waals surface area contributed by atoms with Gasteiger partial charge in [0.25, 0.3) is 0 Å². The monoisotopic (exact) mass is 333 g/mol. The van der Waals surface area contributed by atoms with Crippen molar-refractivity contribution in [2.75, 3.05) is 22.6 Å². The van der Waals surface area contributed by atoms with Crippen LogP contribution in [0.1, 0.15) is 12.0 Å². The van der Waals surface area contributed by atoms with Crippen molar-refractivity contribution in [1.29, 1.82) is 0 Å². The van der Waals surface area contributed by atoms with E-state index in [1.165, 1.54) is 11.8 Å². The molecule has 20 heavy (non-hydrogen) atoms. The zero-order valence-corrected chi connectivity index (χ0v) is 13.4. The third-order valence-corrected chi connectivity index (χ3v) is 6.79. The predicted octanol–water partition coefficient (Wildman–Crippen LogP) is 2.51. The molecule has 0 aliphatic carbocycles. The lowest BCUT2D eigenvalue weighted by Gasteiger charge is -2.09. The molecular weight excluding hydrogens is 318 g/mol. The largest absolute Gasteiger partial charge is 0.325 e. The first-order valence-corrected chi connectivity index (χ1v) is 9.48. The minimum Gasteiger partial charge on any atom is -0.325 e. The summed E-state index contributed by atoms with van der Waals surface area (Å²) in [5.41, 5.74) is 1.61. The summed E-state index contributed by atoms with van der Waals surface area (Å²) >= 11 is 7.38. The summed E-state index contributed by atoms with van der Waals surface area (Å²) < 4.78 is 22.6. The number of sulfone groups is 1. The SMILES string of the molecule is Cc1ccc(NC(=O)CS[C@H]2CCS(=O)(=O)C2)cc1Cl. The molecule has 110 valence electrons. The molecule has 0 unspecified atom stereocenters.